The first-order valence-electron chi connectivity index (χ1n) is 7.29. The molecule has 1 amide bonds. The van der Waals surface area contributed by atoms with Crippen LogP contribution in [0.5, 0.6) is 0 Å². The highest BCUT2D eigenvalue weighted by Crippen LogP contribution is 2.24. The molecule has 1 aromatic carbocycles. The second-order valence-electron chi connectivity index (χ2n) is 5.60. The van der Waals surface area contributed by atoms with Gasteiger partial charge in [0.15, 0.2) is 0 Å². The molecule has 1 aliphatic rings. The average Bonchev–Trinajstić information content (AvgIpc) is 2.67. The van der Waals surface area contributed by atoms with E-state index in [-0.39, 0.29) is 5.56 Å². The molecule has 5 heteroatoms. The maximum absolute atomic E-state index is 14.0. The van der Waals surface area contributed by atoms with Crippen LogP contribution in [0.1, 0.15) is 48.0 Å². The molecule has 0 heterocycles. The summed E-state index contributed by atoms with van der Waals surface area (Å²) in [7, 11) is 0. The van der Waals surface area contributed by atoms with E-state index in [1.165, 1.54) is 6.07 Å². The van der Waals surface area contributed by atoms with Gasteiger partial charge in [0, 0.05) is 6.04 Å². The van der Waals surface area contributed by atoms with E-state index in [2.05, 4.69) is 5.32 Å². The largest absolute Gasteiger partial charge is 0.481 e. The molecular formula is C16H20FNO3. The van der Waals surface area contributed by atoms with Crippen molar-refractivity contribution in [2.24, 2.45) is 5.92 Å². The first-order chi connectivity index (χ1) is 10.0. The normalized spacial score (nSPS) is 22.4. The Hall–Kier alpha value is -1.91. The molecule has 0 radical (unpaired) electrons. The van der Waals surface area contributed by atoms with Gasteiger partial charge < -0.3 is 10.4 Å². The van der Waals surface area contributed by atoms with Crippen molar-refractivity contribution in [1.82, 2.24) is 5.32 Å². The molecular weight excluding hydrogens is 273 g/mol. The van der Waals surface area contributed by atoms with Crippen LogP contribution < -0.4 is 5.32 Å². The van der Waals surface area contributed by atoms with E-state index in [0.29, 0.717) is 18.4 Å². The van der Waals surface area contributed by atoms with E-state index in [1.54, 1.807) is 19.1 Å². The number of carbonyl (C=O) groups is 2. The van der Waals surface area contributed by atoms with Crippen LogP contribution in [-0.4, -0.2) is 23.0 Å². The minimum absolute atomic E-state index is 0.0246. The Morgan fingerprint density at radius 3 is 2.67 bits per heavy atom. The van der Waals surface area contributed by atoms with Crippen molar-refractivity contribution in [1.29, 1.82) is 0 Å². The van der Waals surface area contributed by atoms with Gasteiger partial charge in [-0.05, 0) is 31.4 Å². The van der Waals surface area contributed by atoms with Gasteiger partial charge in [-0.15, -0.1) is 0 Å². The summed E-state index contributed by atoms with van der Waals surface area (Å²) in [5.41, 5.74) is 0.377. The van der Waals surface area contributed by atoms with Crippen LogP contribution in [0.15, 0.2) is 18.2 Å². The zero-order valence-corrected chi connectivity index (χ0v) is 12.1. The Balaban J connectivity index is 2.16. The number of benzene rings is 1. The second kappa shape index (κ2) is 6.70. The molecule has 2 N–H and O–H groups in total. The van der Waals surface area contributed by atoms with Crippen LogP contribution in [0.2, 0.25) is 0 Å². The summed E-state index contributed by atoms with van der Waals surface area (Å²) in [5.74, 6) is -2.57. The fourth-order valence-corrected chi connectivity index (χ4v) is 2.84. The molecule has 2 atom stereocenters. The van der Waals surface area contributed by atoms with E-state index >= 15 is 0 Å². The van der Waals surface area contributed by atoms with Gasteiger partial charge in [0.05, 0.1) is 11.5 Å². The molecule has 1 fully saturated rings. The zero-order valence-electron chi connectivity index (χ0n) is 12.1. The summed E-state index contributed by atoms with van der Waals surface area (Å²) < 4.78 is 14.0. The highest BCUT2D eigenvalue weighted by atomic mass is 19.1. The number of hydrogen-bond donors (Lipinski definition) is 2. The highest BCUT2D eigenvalue weighted by Gasteiger charge is 2.31. The summed E-state index contributed by atoms with van der Waals surface area (Å²) in [6.45, 7) is 1.60. The summed E-state index contributed by atoms with van der Waals surface area (Å²) in [4.78, 5) is 23.6. The van der Waals surface area contributed by atoms with Gasteiger partial charge in [-0.1, -0.05) is 31.4 Å². The summed E-state index contributed by atoms with van der Waals surface area (Å²) in [6.07, 6.45) is 3.87. The molecule has 0 aromatic heterocycles. The van der Waals surface area contributed by atoms with Gasteiger partial charge in [-0.3, -0.25) is 9.59 Å². The first kappa shape index (κ1) is 15.5. The number of rotatable bonds is 3. The molecule has 2 rings (SSSR count). The lowest BCUT2D eigenvalue weighted by molar-refractivity contribution is -0.142. The SMILES string of the molecule is Cc1cccc(C(=O)NC2CCCCCC2C(=O)O)c1F. The Bertz CT molecular complexity index is 544. The Labute approximate surface area is 123 Å². The molecule has 1 saturated carbocycles. The van der Waals surface area contributed by atoms with Gasteiger partial charge >= 0.3 is 5.97 Å². The van der Waals surface area contributed by atoms with Crippen LogP contribution in [0.4, 0.5) is 4.39 Å². The van der Waals surface area contributed by atoms with Gasteiger partial charge in [0.25, 0.3) is 5.91 Å². The zero-order chi connectivity index (χ0) is 15.4. The maximum Gasteiger partial charge on any atom is 0.308 e. The lowest BCUT2D eigenvalue weighted by Crippen LogP contribution is -2.43. The van der Waals surface area contributed by atoms with Crippen molar-refractivity contribution < 1.29 is 19.1 Å². The molecule has 0 bridgehead atoms. The number of aryl methyl sites for hydroxylation is 1. The maximum atomic E-state index is 14.0. The van der Waals surface area contributed by atoms with Crippen LogP contribution in [0, 0.1) is 18.7 Å². The van der Waals surface area contributed by atoms with Crippen LogP contribution >= 0.6 is 0 Å². The molecule has 114 valence electrons. The van der Waals surface area contributed by atoms with Crippen molar-refractivity contribution >= 4 is 11.9 Å². The third kappa shape index (κ3) is 3.60. The number of carboxylic acids is 1. The lowest BCUT2D eigenvalue weighted by atomic mass is 9.94. The Kier molecular flexibility index (Phi) is 4.94. The van der Waals surface area contributed by atoms with Crippen molar-refractivity contribution in [3.05, 3.63) is 35.1 Å². The summed E-state index contributed by atoms with van der Waals surface area (Å²) >= 11 is 0. The van der Waals surface area contributed by atoms with Gasteiger partial charge in [0.2, 0.25) is 0 Å². The fourth-order valence-electron chi connectivity index (χ4n) is 2.84. The number of carboxylic acid groups (broad SMARTS) is 1. The molecule has 0 saturated heterocycles. The number of nitrogens with one attached hydrogen (secondary N) is 1. The van der Waals surface area contributed by atoms with E-state index in [0.717, 1.165) is 19.3 Å². The second-order valence-corrected chi connectivity index (χ2v) is 5.60. The monoisotopic (exact) mass is 293 g/mol. The van der Waals surface area contributed by atoms with Crippen molar-refractivity contribution in [3.63, 3.8) is 0 Å². The van der Waals surface area contributed by atoms with E-state index < -0.39 is 29.7 Å². The average molecular weight is 293 g/mol. The summed E-state index contributed by atoms with van der Waals surface area (Å²) in [6, 6.07) is 4.20. The van der Waals surface area contributed by atoms with E-state index in [4.69, 9.17) is 0 Å². The van der Waals surface area contributed by atoms with Crippen molar-refractivity contribution in [3.8, 4) is 0 Å². The van der Waals surface area contributed by atoms with Gasteiger partial charge in [-0.2, -0.15) is 0 Å². The lowest BCUT2D eigenvalue weighted by Gasteiger charge is -2.23. The fraction of sp³-hybridized carbons (Fsp3) is 0.500. The predicted octanol–water partition coefficient (Wildman–Crippen LogP) is 2.90. The topological polar surface area (TPSA) is 66.4 Å². The number of halogens is 1. The molecule has 21 heavy (non-hydrogen) atoms. The van der Waals surface area contributed by atoms with Gasteiger partial charge in [-0.25, -0.2) is 4.39 Å². The predicted molar refractivity (Wildman–Crippen MR) is 76.6 cm³/mol. The number of hydrogen-bond acceptors (Lipinski definition) is 2. The highest BCUT2D eigenvalue weighted by molar-refractivity contribution is 5.95. The van der Waals surface area contributed by atoms with Crippen molar-refractivity contribution in [2.75, 3.05) is 0 Å². The molecule has 0 aliphatic heterocycles. The van der Waals surface area contributed by atoms with Crippen LogP contribution in [-0.2, 0) is 4.79 Å². The van der Waals surface area contributed by atoms with E-state index in [9.17, 15) is 19.1 Å². The smallest absolute Gasteiger partial charge is 0.308 e. The molecule has 4 nitrogen and oxygen atoms in total. The number of carbonyl (C=O) groups excluding carboxylic acids is 1. The third-order valence-corrected chi connectivity index (χ3v) is 4.09. The molecule has 0 spiro atoms. The van der Waals surface area contributed by atoms with Gasteiger partial charge in [0.1, 0.15) is 5.82 Å². The number of aliphatic carboxylic acids is 1. The van der Waals surface area contributed by atoms with Crippen molar-refractivity contribution in [2.45, 2.75) is 45.1 Å². The Morgan fingerprint density at radius 1 is 1.24 bits per heavy atom. The van der Waals surface area contributed by atoms with E-state index in [1.807, 2.05) is 0 Å². The molecule has 2 unspecified atom stereocenters. The number of amides is 1. The first-order valence-corrected chi connectivity index (χ1v) is 7.29. The quantitative estimate of drug-likeness (QED) is 0.842. The van der Waals surface area contributed by atoms with Crippen LogP contribution in [0.3, 0.4) is 0 Å². The van der Waals surface area contributed by atoms with Crippen LogP contribution in [0.25, 0.3) is 0 Å². The minimum atomic E-state index is -0.896. The standard InChI is InChI=1S/C16H20FNO3/c1-10-6-5-8-12(14(10)17)15(19)18-13-9-4-2-3-7-11(13)16(20)21/h5-6,8,11,13H,2-4,7,9H2,1H3,(H,18,19)(H,20,21). The Morgan fingerprint density at radius 2 is 1.95 bits per heavy atom. The minimum Gasteiger partial charge on any atom is -0.481 e. The molecule has 1 aliphatic carbocycles. The molecule has 1 aromatic rings. The summed E-state index contributed by atoms with van der Waals surface area (Å²) in [5, 5.41) is 12.0. The third-order valence-electron chi connectivity index (χ3n) is 4.09.